The Morgan fingerprint density at radius 3 is 2.50 bits per heavy atom. The highest BCUT2D eigenvalue weighted by molar-refractivity contribution is 6.17. The molecular formula is C7H13ClN2. The molecule has 1 rings (SSSR count). The van der Waals surface area contributed by atoms with Gasteiger partial charge in [0.05, 0.1) is 6.33 Å². The molecular weight excluding hydrogens is 148 g/mol. The average Bonchev–Trinajstić information content (AvgIpc) is 2.44. The van der Waals surface area contributed by atoms with Crippen molar-refractivity contribution in [3.63, 3.8) is 0 Å². The zero-order valence-electron chi connectivity index (χ0n) is 6.18. The van der Waals surface area contributed by atoms with Gasteiger partial charge in [-0.15, -0.1) is 11.6 Å². The fraction of sp³-hybridized carbons (Fsp3) is 0.571. The first kappa shape index (κ1) is 9.50. The van der Waals surface area contributed by atoms with Crippen LogP contribution in [0.3, 0.4) is 0 Å². The Hall–Kier alpha value is -0.500. The maximum absolute atomic E-state index is 5.30. The average molecular weight is 161 g/mol. The van der Waals surface area contributed by atoms with Crippen LogP contribution in [0.2, 0.25) is 0 Å². The van der Waals surface area contributed by atoms with Crippen LogP contribution >= 0.6 is 11.6 Å². The molecule has 58 valence electrons. The van der Waals surface area contributed by atoms with Gasteiger partial charge in [-0.05, 0) is 6.42 Å². The number of rotatable bonds is 2. The molecule has 0 saturated heterocycles. The van der Waals surface area contributed by atoms with Crippen LogP contribution in [-0.2, 0) is 0 Å². The molecule has 0 aliphatic carbocycles. The van der Waals surface area contributed by atoms with Crippen LogP contribution in [0.15, 0.2) is 18.7 Å². The van der Waals surface area contributed by atoms with Crippen LogP contribution in [0, 0.1) is 0 Å². The molecule has 3 heteroatoms. The molecule has 0 spiro atoms. The van der Waals surface area contributed by atoms with Crippen molar-refractivity contribution in [2.24, 2.45) is 0 Å². The SMILES string of the molecule is CCCCCl.c1c[nH]cn1. The molecule has 0 bridgehead atoms. The Morgan fingerprint density at radius 2 is 2.40 bits per heavy atom. The van der Waals surface area contributed by atoms with Gasteiger partial charge in [0.1, 0.15) is 0 Å². The second kappa shape index (κ2) is 8.50. The molecule has 0 aliphatic rings. The highest BCUT2D eigenvalue weighted by Gasteiger charge is 1.70. The fourth-order valence-electron chi connectivity index (χ4n) is 0.349. The molecule has 1 aromatic heterocycles. The van der Waals surface area contributed by atoms with Crippen molar-refractivity contribution in [1.82, 2.24) is 9.97 Å². The fourth-order valence-corrected chi connectivity index (χ4v) is 0.616. The van der Waals surface area contributed by atoms with E-state index in [9.17, 15) is 0 Å². The van der Waals surface area contributed by atoms with Crippen molar-refractivity contribution >= 4 is 11.6 Å². The van der Waals surface area contributed by atoms with Crippen LogP contribution in [0.5, 0.6) is 0 Å². The van der Waals surface area contributed by atoms with Crippen molar-refractivity contribution in [3.8, 4) is 0 Å². The first-order valence-electron chi connectivity index (χ1n) is 3.40. The Kier molecular flexibility index (Phi) is 8.07. The van der Waals surface area contributed by atoms with E-state index < -0.39 is 0 Å². The molecule has 10 heavy (non-hydrogen) atoms. The summed E-state index contributed by atoms with van der Waals surface area (Å²) >= 11 is 5.30. The molecule has 0 aromatic carbocycles. The number of aromatic amines is 1. The Balaban J connectivity index is 0.000000162. The second-order valence-electron chi connectivity index (χ2n) is 1.80. The third-order valence-electron chi connectivity index (χ3n) is 0.893. The predicted octanol–water partition coefficient (Wildman–Crippen LogP) is 2.43. The van der Waals surface area contributed by atoms with Crippen LogP contribution < -0.4 is 0 Å². The van der Waals surface area contributed by atoms with Crippen molar-refractivity contribution in [3.05, 3.63) is 18.7 Å². The number of unbranched alkanes of at least 4 members (excludes halogenated alkanes) is 1. The summed E-state index contributed by atoms with van der Waals surface area (Å²) < 4.78 is 0. The number of H-pyrrole nitrogens is 1. The van der Waals surface area contributed by atoms with E-state index in [4.69, 9.17) is 11.6 Å². The number of hydrogen-bond acceptors (Lipinski definition) is 1. The van der Waals surface area contributed by atoms with E-state index in [1.165, 1.54) is 6.42 Å². The normalized spacial score (nSPS) is 8.20. The summed E-state index contributed by atoms with van der Waals surface area (Å²) in [6, 6.07) is 0. The summed E-state index contributed by atoms with van der Waals surface area (Å²) in [5, 5.41) is 0. The summed E-state index contributed by atoms with van der Waals surface area (Å²) in [6.07, 6.45) is 7.45. The molecule has 0 unspecified atom stereocenters. The lowest BCUT2D eigenvalue weighted by Gasteiger charge is -1.77. The third-order valence-corrected chi connectivity index (χ3v) is 1.16. The zero-order valence-corrected chi connectivity index (χ0v) is 6.93. The number of imidazole rings is 1. The van der Waals surface area contributed by atoms with Crippen LogP contribution in [-0.4, -0.2) is 15.8 Å². The number of hydrogen-bond donors (Lipinski definition) is 1. The molecule has 0 atom stereocenters. The van der Waals surface area contributed by atoms with Gasteiger partial charge < -0.3 is 4.98 Å². The summed E-state index contributed by atoms with van der Waals surface area (Å²) in [5.74, 6) is 0.816. The Bertz CT molecular complexity index is 97.9. The summed E-state index contributed by atoms with van der Waals surface area (Å²) in [6.45, 7) is 2.13. The lowest BCUT2D eigenvalue weighted by molar-refractivity contribution is 0.892. The molecule has 1 heterocycles. The predicted molar refractivity (Wildman–Crippen MR) is 44.2 cm³/mol. The van der Waals surface area contributed by atoms with E-state index in [0.717, 1.165) is 12.3 Å². The molecule has 0 radical (unpaired) electrons. The lowest BCUT2D eigenvalue weighted by atomic mass is 10.4. The molecule has 0 fully saturated rings. The lowest BCUT2D eigenvalue weighted by Crippen LogP contribution is -1.65. The summed E-state index contributed by atoms with van der Waals surface area (Å²) in [5.41, 5.74) is 0. The number of halogens is 1. The zero-order chi connectivity index (χ0) is 7.66. The summed E-state index contributed by atoms with van der Waals surface area (Å²) in [7, 11) is 0. The monoisotopic (exact) mass is 160 g/mol. The van der Waals surface area contributed by atoms with Crippen LogP contribution in [0.25, 0.3) is 0 Å². The topological polar surface area (TPSA) is 28.7 Å². The van der Waals surface area contributed by atoms with Crippen molar-refractivity contribution in [2.45, 2.75) is 19.8 Å². The van der Waals surface area contributed by atoms with Gasteiger partial charge in [-0.2, -0.15) is 0 Å². The van der Waals surface area contributed by atoms with Crippen molar-refractivity contribution in [1.29, 1.82) is 0 Å². The third kappa shape index (κ3) is 7.50. The molecule has 0 amide bonds. The quantitative estimate of drug-likeness (QED) is 0.662. The van der Waals surface area contributed by atoms with E-state index >= 15 is 0 Å². The largest absolute Gasteiger partial charge is 0.351 e. The molecule has 2 nitrogen and oxygen atoms in total. The van der Waals surface area contributed by atoms with Crippen molar-refractivity contribution < 1.29 is 0 Å². The molecule has 0 saturated carbocycles. The van der Waals surface area contributed by atoms with Crippen LogP contribution in [0.4, 0.5) is 0 Å². The van der Waals surface area contributed by atoms with Gasteiger partial charge in [0.15, 0.2) is 0 Å². The maximum Gasteiger partial charge on any atom is 0.0919 e. The Labute approximate surface area is 66.6 Å². The van der Waals surface area contributed by atoms with Gasteiger partial charge in [-0.25, -0.2) is 4.98 Å². The number of alkyl halides is 1. The number of nitrogens with one attached hydrogen (secondary N) is 1. The minimum absolute atomic E-state index is 0.816. The van der Waals surface area contributed by atoms with E-state index in [1.807, 2.05) is 0 Å². The minimum Gasteiger partial charge on any atom is -0.351 e. The first-order valence-corrected chi connectivity index (χ1v) is 3.94. The molecule has 1 N–H and O–H groups in total. The number of nitrogens with zero attached hydrogens (tertiary/aromatic N) is 1. The smallest absolute Gasteiger partial charge is 0.0919 e. The standard InChI is InChI=1S/C4H9Cl.C3H4N2/c1-2-3-4-5;1-2-5-3-4-1/h2-4H2,1H3;1-3H,(H,4,5). The van der Waals surface area contributed by atoms with Gasteiger partial charge in [-0.3, -0.25) is 0 Å². The molecule has 1 aromatic rings. The highest BCUT2D eigenvalue weighted by atomic mass is 35.5. The van der Waals surface area contributed by atoms with Gasteiger partial charge in [0.25, 0.3) is 0 Å². The van der Waals surface area contributed by atoms with Gasteiger partial charge in [0, 0.05) is 18.3 Å². The minimum atomic E-state index is 0.816. The van der Waals surface area contributed by atoms with E-state index in [0.29, 0.717) is 0 Å². The van der Waals surface area contributed by atoms with Crippen LogP contribution in [0.1, 0.15) is 19.8 Å². The maximum atomic E-state index is 5.30. The Morgan fingerprint density at radius 1 is 1.60 bits per heavy atom. The van der Waals surface area contributed by atoms with Gasteiger partial charge in [-0.1, -0.05) is 13.3 Å². The van der Waals surface area contributed by atoms with Crippen molar-refractivity contribution in [2.75, 3.05) is 5.88 Å². The summed E-state index contributed by atoms with van der Waals surface area (Å²) in [4.78, 5) is 6.42. The number of aromatic nitrogens is 2. The molecule has 0 aliphatic heterocycles. The van der Waals surface area contributed by atoms with E-state index in [-0.39, 0.29) is 0 Å². The first-order chi connectivity index (χ1) is 4.91. The van der Waals surface area contributed by atoms with E-state index in [2.05, 4.69) is 16.9 Å². The van der Waals surface area contributed by atoms with E-state index in [1.54, 1.807) is 18.7 Å². The van der Waals surface area contributed by atoms with Gasteiger partial charge >= 0.3 is 0 Å². The second-order valence-corrected chi connectivity index (χ2v) is 2.18. The highest BCUT2D eigenvalue weighted by Crippen LogP contribution is 1.86. The van der Waals surface area contributed by atoms with Gasteiger partial charge in [0.2, 0.25) is 0 Å².